The molecule has 1 aromatic heterocycles. The van der Waals surface area contributed by atoms with Crippen LogP contribution in [0.15, 0.2) is 29.6 Å². The second-order valence-corrected chi connectivity index (χ2v) is 4.30. The molecular weight excluding hydrogens is 240 g/mol. The van der Waals surface area contributed by atoms with Gasteiger partial charge in [0.1, 0.15) is 16.8 Å². The van der Waals surface area contributed by atoms with Crippen molar-refractivity contribution in [2.24, 2.45) is 5.73 Å². The number of thiazole rings is 1. The summed E-state index contributed by atoms with van der Waals surface area (Å²) in [6.07, 6.45) is 0. The number of phenols is 1. The van der Waals surface area contributed by atoms with Gasteiger partial charge in [-0.1, -0.05) is 12.1 Å². The maximum Gasteiger partial charge on any atom is 0.326 e. The maximum atomic E-state index is 10.7. The number of nitrogens with two attached hydrogens (primary N) is 1. The number of rotatable bonds is 3. The Morgan fingerprint density at radius 3 is 2.88 bits per heavy atom. The molecule has 4 N–H and O–H groups in total. The molecule has 0 saturated heterocycles. The van der Waals surface area contributed by atoms with Crippen molar-refractivity contribution >= 4 is 17.3 Å². The van der Waals surface area contributed by atoms with Gasteiger partial charge in [0, 0.05) is 10.9 Å². The van der Waals surface area contributed by atoms with Gasteiger partial charge in [-0.15, -0.1) is 11.3 Å². The minimum atomic E-state index is -1.11. The second-order valence-electron chi connectivity index (χ2n) is 3.44. The molecule has 0 radical (unpaired) electrons. The van der Waals surface area contributed by atoms with E-state index in [2.05, 4.69) is 4.98 Å². The molecule has 1 unspecified atom stereocenters. The molecule has 0 aliphatic rings. The Kier molecular flexibility index (Phi) is 3.08. The van der Waals surface area contributed by atoms with Crippen LogP contribution >= 0.6 is 11.3 Å². The summed E-state index contributed by atoms with van der Waals surface area (Å²) in [4.78, 5) is 14.8. The van der Waals surface area contributed by atoms with Gasteiger partial charge in [-0.2, -0.15) is 0 Å². The first-order valence-corrected chi connectivity index (χ1v) is 5.69. The molecule has 5 nitrogen and oxygen atoms in total. The maximum absolute atomic E-state index is 10.7. The first-order chi connectivity index (χ1) is 8.08. The molecule has 88 valence electrons. The van der Waals surface area contributed by atoms with Gasteiger partial charge in [-0.3, -0.25) is 4.79 Å². The molecule has 1 atom stereocenters. The quantitative estimate of drug-likeness (QED) is 0.768. The van der Waals surface area contributed by atoms with E-state index in [9.17, 15) is 9.90 Å². The van der Waals surface area contributed by atoms with Crippen LogP contribution in [0.1, 0.15) is 11.7 Å². The molecule has 1 aromatic carbocycles. The van der Waals surface area contributed by atoms with E-state index in [0.29, 0.717) is 10.7 Å². The van der Waals surface area contributed by atoms with Gasteiger partial charge in [0.25, 0.3) is 0 Å². The van der Waals surface area contributed by atoms with Gasteiger partial charge in [0.05, 0.1) is 5.69 Å². The Balaban J connectivity index is 2.33. The minimum absolute atomic E-state index is 0.141. The second kappa shape index (κ2) is 4.52. The van der Waals surface area contributed by atoms with E-state index < -0.39 is 12.0 Å². The molecule has 6 heteroatoms. The van der Waals surface area contributed by atoms with Crippen LogP contribution in [0.3, 0.4) is 0 Å². The van der Waals surface area contributed by atoms with Crippen molar-refractivity contribution in [1.82, 2.24) is 4.98 Å². The summed E-state index contributed by atoms with van der Waals surface area (Å²) in [5.74, 6) is -0.973. The third-order valence-corrected chi connectivity index (χ3v) is 3.11. The zero-order valence-electron chi connectivity index (χ0n) is 8.70. The lowest BCUT2D eigenvalue weighted by Crippen LogP contribution is -2.20. The molecule has 0 fully saturated rings. The molecule has 2 aromatic rings. The summed E-state index contributed by atoms with van der Waals surface area (Å²) < 4.78 is 0. The number of benzene rings is 1. The Labute approximate surface area is 101 Å². The predicted molar refractivity (Wildman–Crippen MR) is 63.8 cm³/mol. The highest BCUT2D eigenvalue weighted by Crippen LogP contribution is 2.27. The summed E-state index contributed by atoms with van der Waals surface area (Å²) >= 11 is 1.29. The van der Waals surface area contributed by atoms with E-state index in [-0.39, 0.29) is 5.75 Å². The standard InChI is InChI=1S/C11H10N2O3S/c12-9(11(15)16)8-5-17-10(13-8)6-2-1-3-7(14)4-6/h1-5,9,14H,12H2,(H,15,16). The van der Waals surface area contributed by atoms with E-state index >= 15 is 0 Å². The fraction of sp³-hybridized carbons (Fsp3) is 0.0909. The lowest BCUT2D eigenvalue weighted by molar-refractivity contribution is -0.138. The minimum Gasteiger partial charge on any atom is -0.508 e. The monoisotopic (exact) mass is 250 g/mol. The van der Waals surface area contributed by atoms with Gasteiger partial charge in [-0.25, -0.2) is 4.98 Å². The van der Waals surface area contributed by atoms with Crippen LogP contribution < -0.4 is 5.73 Å². The summed E-state index contributed by atoms with van der Waals surface area (Å²) in [6.45, 7) is 0. The van der Waals surface area contributed by atoms with Crippen LogP contribution in [0.2, 0.25) is 0 Å². The highest BCUT2D eigenvalue weighted by Gasteiger charge is 2.18. The van der Waals surface area contributed by atoms with Crippen molar-refractivity contribution in [2.45, 2.75) is 6.04 Å². The molecule has 2 rings (SSSR count). The predicted octanol–water partition coefficient (Wildman–Crippen LogP) is 1.60. The highest BCUT2D eigenvalue weighted by atomic mass is 32.1. The van der Waals surface area contributed by atoms with Crippen LogP contribution in [-0.4, -0.2) is 21.2 Å². The Hall–Kier alpha value is -1.92. The fourth-order valence-electron chi connectivity index (χ4n) is 1.33. The summed E-state index contributed by atoms with van der Waals surface area (Å²) in [5, 5.41) is 20.3. The summed E-state index contributed by atoms with van der Waals surface area (Å²) in [5.41, 5.74) is 6.51. The van der Waals surface area contributed by atoms with Gasteiger partial charge >= 0.3 is 5.97 Å². The van der Waals surface area contributed by atoms with Crippen molar-refractivity contribution in [3.8, 4) is 16.3 Å². The van der Waals surface area contributed by atoms with Crippen molar-refractivity contribution < 1.29 is 15.0 Å². The third kappa shape index (κ3) is 2.43. The topological polar surface area (TPSA) is 96.4 Å². The van der Waals surface area contributed by atoms with Gasteiger partial charge in [0.15, 0.2) is 0 Å². The molecule has 17 heavy (non-hydrogen) atoms. The normalized spacial score (nSPS) is 12.3. The highest BCUT2D eigenvalue weighted by molar-refractivity contribution is 7.13. The average molecular weight is 250 g/mol. The van der Waals surface area contributed by atoms with Crippen LogP contribution in [-0.2, 0) is 4.79 Å². The van der Waals surface area contributed by atoms with E-state index in [0.717, 1.165) is 5.56 Å². The van der Waals surface area contributed by atoms with Crippen molar-refractivity contribution in [2.75, 3.05) is 0 Å². The smallest absolute Gasteiger partial charge is 0.326 e. The Morgan fingerprint density at radius 2 is 2.24 bits per heavy atom. The summed E-state index contributed by atoms with van der Waals surface area (Å²) in [7, 11) is 0. The molecular formula is C11H10N2O3S. The number of carbonyl (C=O) groups is 1. The first-order valence-electron chi connectivity index (χ1n) is 4.81. The van der Waals surface area contributed by atoms with Crippen molar-refractivity contribution in [3.05, 3.63) is 35.3 Å². The van der Waals surface area contributed by atoms with E-state index in [4.69, 9.17) is 10.8 Å². The zero-order chi connectivity index (χ0) is 12.4. The van der Waals surface area contributed by atoms with Crippen LogP contribution in [0, 0.1) is 0 Å². The number of carboxylic acids is 1. The fourth-order valence-corrected chi connectivity index (χ4v) is 2.18. The molecule has 0 aliphatic carbocycles. The van der Waals surface area contributed by atoms with E-state index in [1.54, 1.807) is 29.6 Å². The number of phenolic OH excluding ortho intramolecular Hbond substituents is 1. The first kappa shape index (κ1) is 11.6. The summed E-state index contributed by atoms with van der Waals surface area (Å²) in [6, 6.07) is 5.49. The lowest BCUT2D eigenvalue weighted by Gasteiger charge is -2.01. The van der Waals surface area contributed by atoms with Crippen LogP contribution in [0.4, 0.5) is 0 Å². The molecule has 0 bridgehead atoms. The number of aliphatic carboxylic acids is 1. The number of aromatic hydroxyl groups is 1. The molecule has 0 amide bonds. The van der Waals surface area contributed by atoms with Crippen LogP contribution in [0.25, 0.3) is 10.6 Å². The molecule has 1 heterocycles. The van der Waals surface area contributed by atoms with Crippen molar-refractivity contribution in [3.63, 3.8) is 0 Å². The molecule has 0 saturated carbocycles. The zero-order valence-corrected chi connectivity index (χ0v) is 9.52. The van der Waals surface area contributed by atoms with Crippen molar-refractivity contribution in [1.29, 1.82) is 0 Å². The molecule has 0 spiro atoms. The number of carboxylic acid groups (broad SMARTS) is 1. The van der Waals surface area contributed by atoms with E-state index in [1.807, 2.05) is 0 Å². The third-order valence-electron chi connectivity index (χ3n) is 2.20. The number of aromatic nitrogens is 1. The number of hydrogen-bond acceptors (Lipinski definition) is 5. The van der Waals surface area contributed by atoms with Gasteiger partial charge < -0.3 is 15.9 Å². The number of hydrogen-bond donors (Lipinski definition) is 3. The Bertz CT molecular complexity index is 553. The van der Waals surface area contributed by atoms with E-state index in [1.165, 1.54) is 11.3 Å². The SMILES string of the molecule is NC(C(=O)O)c1csc(-c2cccc(O)c2)n1. The largest absolute Gasteiger partial charge is 0.508 e. The Morgan fingerprint density at radius 1 is 1.47 bits per heavy atom. The van der Waals surface area contributed by atoms with Gasteiger partial charge in [-0.05, 0) is 12.1 Å². The van der Waals surface area contributed by atoms with Crippen LogP contribution in [0.5, 0.6) is 5.75 Å². The average Bonchev–Trinajstić information content (AvgIpc) is 2.77. The number of nitrogens with zero attached hydrogens (tertiary/aromatic N) is 1. The lowest BCUT2D eigenvalue weighted by atomic mass is 10.2. The van der Waals surface area contributed by atoms with Gasteiger partial charge in [0.2, 0.25) is 0 Å². The molecule has 0 aliphatic heterocycles.